The molecule has 0 unspecified atom stereocenters. The molecule has 100 valence electrons. The van der Waals surface area contributed by atoms with Crippen LogP contribution in [0.4, 0.5) is 5.69 Å². The van der Waals surface area contributed by atoms with Gasteiger partial charge in [0.15, 0.2) is 0 Å². The molecule has 1 aromatic rings. The molecule has 1 fully saturated rings. The first kappa shape index (κ1) is 13.3. The third-order valence-corrected chi connectivity index (χ3v) is 3.50. The maximum absolute atomic E-state index is 12.4. The Morgan fingerprint density at radius 2 is 2.05 bits per heavy atom. The average Bonchev–Trinajstić information content (AvgIpc) is 2.95. The van der Waals surface area contributed by atoms with Crippen LogP contribution in [0, 0.1) is 5.92 Å². The summed E-state index contributed by atoms with van der Waals surface area (Å²) >= 11 is 0. The Bertz CT molecular complexity index is 484. The van der Waals surface area contributed by atoms with Crippen molar-refractivity contribution in [2.45, 2.75) is 6.42 Å². The Hall–Kier alpha value is -2.10. The number of para-hydroxylation sites is 1. The molecule has 1 atom stereocenters. The van der Waals surface area contributed by atoms with E-state index in [4.69, 9.17) is 0 Å². The van der Waals surface area contributed by atoms with Crippen LogP contribution in [0.5, 0.6) is 0 Å². The number of benzene rings is 1. The molecule has 0 aromatic heterocycles. The average molecular weight is 258 g/mol. The quantitative estimate of drug-likeness (QED) is 0.774. The van der Waals surface area contributed by atoms with Gasteiger partial charge in [-0.25, -0.2) is 0 Å². The number of rotatable bonds is 3. The zero-order valence-electron chi connectivity index (χ0n) is 11.1. The van der Waals surface area contributed by atoms with Gasteiger partial charge in [-0.05, 0) is 24.6 Å². The lowest BCUT2D eigenvalue weighted by atomic mass is 10.1. The minimum Gasteiger partial charge on any atom is -0.338 e. The second-order valence-electron chi connectivity index (χ2n) is 4.71. The second-order valence-corrected chi connectivity index (χ2v) is 4.71. The Balaban J connectivity index is 2.02. The van der Waals surface area contributed by atoms with Gasteiger partial charge in [-0.3, -0.25) is 9.59 Å². The minimum absolute atomic E-state index is 0.0607. The number of likely N-dealkylation sites (tertiary alicyclic amines) is 1. The smallest absolute Gasteiger partial charge is 0.245 e. The molecule has 4 heteroatoms. The summed E-state index contributed by atoms with van der Waals surface area (Å²) in [4.78, 5) is 27.2. The minimum atomic E-state index is -0.117. The Kier molecular flexibility index (Phi) is 4.00. The number of carbonyl (C=O) groups is 2. The molecule has 1 aliphatic rings. The van der Waals surface area contributed by atoms with Crippen LogP contribution >= 0.6 is 0 Å². The van der Waals surface area contributed by atoms with E-state index in [1.165, 1.54) is 6.08 Å². The second kappa shape index (κ2) is 5.69. The molecule has 4 nitrogen and oxygen atoms in total. The third kappa shape index (κ3) is 2.84. The summed E-state index contributed by atoms with van der Waals surface area (Å²) in [7, 11) is 1.77. The van der Waals surface area contributed by atoms with Crippen LogP contribution in [0.1, 0.15) is 6.42 Å². The van der Waals surface area contributed by atoms with E-state index in [0.717, 1.165) is 12.1 Å². The van der Waals surface area contributed by atoms with E-state index in [1.807, 2.05) is 30.3 Å². The lowest BCUT2D eigenvalue weighted by Crippen LogP contribution is -2.35. The van der Waals surface area contributed by atoms with Crippen LogP contribution in [-0.4, -0.2) is 36.9 Å². The molecule has 2 amide bonds. The molecule has 1 heterocycles. The summed E-state index contributed by atoms with van der Waals surface area (Å²) in [6, 6.07) is 9.53. The van der Waals surface area contributed by atoms with E-state index in [0.29, 0.717) is 13.1 Å². The molecule has 0 saturated carbocycles. The monoisotopic (exact) mass is 258 g/mol. The SMILES string of the molecule is C=CC(=O)N1CC[C@H](C(=O)N(C)c2ccccc2)C1. The molecule has 1 saturated heterocycles. The molecule has 19 heavy (non-hydrogen) atoms. The lowest BCUT2D eigenvalue weighted by molar-refractivity contribution is -0.125. The van der Waals surface area contributed by atoms with Crippen LogP contribution in [0.15, 0.2) is 43.0 Å². The van der Waals surface area contributed by atoms with Crippen molar-refractivity contribution in [1.29, 1.82) is 0 Å². The van der Waals surface area contributed by atoms with Crippen molar-refractivity contribution >= 4 is 17.5 Å². The first-order valence-corrected chi connectivity index (χ1v) is 6.37. The van der Waals surface area contributed by atoms with Crippen molar-refractivity contribution in [3.63, 3.8) is 0 Å². The Morgan fingerprint density at radius 3 is 2.68 bits per heavy atom. The Morgan fingerprint density at radius 1 is 1.37 bits per heavy atom. The van der Waals surface area contributed by atoms with Gasteiger partial charge in [0.2, 0.25) is 11.8 Å². The fraction of sp³-hybridized carbons (Fsp3) is 0.333. The highest BCUT2D eigenvalue weighted by Crippen LogP contribution is 2.21. The van der Waals surface area contributed by atoms with E-state index in [-0.39, 0.29) is 17.7 Å². The zero-order chi connectivity index (χ0) is 13.8. The zero-order valence-corrected chi connectivity index (χ0v) is 11.1. The first-order chi connectivity index (χ1) is 9.13. The highest BCUT2D eigenvalue weighted by molar-refractivity contribution is 5.95. The maximum atomic E-state index is 12.4. The highest BCUT2D eigenvalue weighted by atomic mass is 16.2. The van der Waals surface area contributed by atoms with E-state index in [2.05, 4.69) is 6.58 Å². The van der Waals surface area contributed by atoms with Crippen LogP contribution in [-0.2, 0) is 9.59 Å². The van der Waals surface area contributed by atoms with Crippen molar-refractivity contribution in [2.75, 3.05) is 25.0 Å². The van der Waals surface area contributed by atoms with E-state index >= 15 is 0 Å². The summed E-state index contributed by atoms with van der Waals surface area (Å²) in [5, 5.41) is 0. The summed E-state index contributed by atoms with van der Waals surface area (Å²) in [5.41, 5.74) is 0.876. The fourth-order valence-electron chi connectivity index (χ4n) is 2.34. The molecule has 0 aliphatic carbocycles. The van der Waals surface area contributed by atoms with Crippen LogP contribution < -0.4 is 4.90 Å². The summed E-state index contributed by atoms with van der Waals surface area (Å²) in [5.74, 6) is -0.155. The van der Waals surface area contributed by atoms with Gasteiger partial charge in [-0.2, -0.15) is 0 Å². The predicted octanol–water partition coefficient (Wildman–Crippen LogP) is 1.68. The van der Waals surface area contributed by atoms with Crippen molar-refractivity contribution in [3.8, 4) is 0 Å². The summed E-state index contributed by atoms with van der Waals surface area (Å²) in [6.45, 7) is 4.59. The number of amides is 2. The van der Waals surface area contributed by atoms with Gasteiger partial charge in [-0.15, -0.1) is 0 Å². The molecular weight excluding hydrogens is 240 g/mol. The van der Waals surface area contributed by atoms with Gasteiger partial charge in [0.1, 0.15) is 0 Å². The molecule has 2 rings (SSSR count). The maximum Gasteiger partial charge on any atom is 0.245 e. The molecule has 0 spiro atoms. The number of hydrogen-bond donors (Lipinski definition) is 0. The third-order valence-electron chi connectivity index (χ3n) is 3.50. The molecule has 1 aliphatic heterocycles. The van der Waals surface area contributed by atoms with Gasteiger partial charge in [-0.1, -0.05) is 24.8 Å². The number of anilines is 1. The Labute approximate surface area is 113 Å². The summed E-state index contributed by atoms with van der Waals surface area (Å²) in [6.07, 6.45) is 2.02. The highest BCUT2D eigenvalue weighted by Gasteiger charge is 2.32. The summed E-state index contributed by atoms with van der Waals surface area (Å²) < 4.78 is 0. The van der Waals surface area contributed by atoms with Crippen molar-refractivity contribution < 1.29 is 9.59 Å². The predicted molar refractivity (Wildman–Crippen MR) is 74.7 cm³/mol. The molecule has 0 radical (unpaired) electrons. The van der Waals surface area contributed by atoms with Gasteiger partial charge in [0, 0.05) is 25.8 Å². The van der Waals surface area contributed by atoms with Crippen molar-refractivity contribution in [1.82, 2.24) is 4.90 Å². The molecular formula is C15H18N2O2. The topological polar surface area (TPSA) is 40.6 Å². The standard InChI is InChI=1S/C15H18N2O2/c1-3-14(18)17-10-9-12(11-17)15(19)16(2)13-7-5-4-6-8-13/h3-8,12H,1,9-11H2,2H3/t12-/m0/s1. The lowest BCUT2D eigenvalue weighted by Gasteiger charge is -2.21. The van der Waals surface area contributed by atoms with Gasteiger partial charge in [0.05, 0.1) is 5.92 Å². The normalized spacial score (nSPS) is 18.2. The van der Waals surface area contributed by atoms with Crippen LogP contribution in [0.25, 0.3) is 0 Å². The van der Waals surface area contributed by atoms with E-state index in [1.54, 1.807) is 16.8 Å². The molecule has 0 bridgehead atoms. The van der Waals surface area contributed by atoms with Crippen molar-refractivity contribution in [2.24, 2.45) is 5.92 Å². The largest absolute Gasteiger partial charge is 0.338 e. The van der Waals surface area contributed by atoms with Gasteiger partial charge < -0.3 is 9.80 Å². The number of carbonyl (C=O) groups excluding carboxylic acids is 2. The van der Waals surface area contributed by atoms with E-state index in [9.17, 15) is 9.59 Å². The fourth-order valence-corrected chi connectivity index (χ4v) is 2.34. The van der Waals surface area contributed by atoms with Gasteiger partial charge in [0.25, 0.3) is 0 Å². The van der Waals surface area contributed by atoms with Crippen LogP contribution in [0.2, 0.25) is 0 Å². The van der Waals surface area contributed by atoms with Crippen LogP contribution in [0.3, 0.4) is 0 Å². The van der Waals surface area contributed by atoms with E-state index < -0.39 is 0 Å². The van der Waals surface area contributed by atoms with Crippen molar-refractivity contribution in [3.05, 3.63) is 43.0 Å². The molecule has 0 N–H and O–H groups in total. The molecule has 1 aromatic carbocycles. The number of hydrogen-bond acceptors (Lipinski definition) is 2. The first-order valence-electron chi connectivity index (χ1n) is 6.37. The van der Waals surface area contributed by atoms with Gasteiger partial charge >= 0.3 is 0 Å². The number of nitrogens with zero attached hydrogens (tertiary/aromatic N) is 2.